The first-order valence-corrected chi connectivity index (χ1v) is 12.1. The molecule has 0 N–H and O–H groups in total. The maximum absolute atomic E-state index is 9.89. The topological polar surface area (TPSA) is 23.8 Å². The summed E-state index contributed by atoms with van der Waals surface area (Å²) < 4.78 is 0. The Kier molecular flexibility index (Phi) is 10.1. The van der Waals surface area contributed by atoms with Crippen LogP contribution in [0.25, 0.3) is 0 Å². The zero-order valence-corrected chi connectivity index (χ0v) is 17.9. The molecule has 0 spiro atoms. The normalized spacial score (nSPS) is 32.3. The molecule has 2 aliphatic rings. The standard InChI is InChI=1S/C25H45N/c1-3-5-6-7-8-10-23-15-18-25(21-26,19-16-23)20-17-24-13-11-22(9-4-2)12-14-24/h22-24H,3-20H2,1-2H3/t22-,23-,24-,25-. The second-order valence-electron chi connectivity index (χ2n) is 9.75. The Bertz CT molecular complexity index is 391. The van der Waals surface area contributed by atoms with Crippen molar-refractivity contribution in [1.82, 2.24) is 0 Å². The average Bonchev–Trinajstić information content (AvgIpc) is 2.69. The van der Waals surface area contributed by atoms with Gasteiger partial charge in [0, 0.05) is 0 Å². The van der Waals surface area contributed by atoms with Crippen LogP contribution in [-0.4, -0.2) is 0 Å². The van der Waals surface area contributed by atoms with E-state index in [1.54, 1.807) is 0 Å². The summed E-state index contributed by atoms with van der Waals surface area (Å²) in [5, 5.41) is 9.89. The molecule has 2 fully saturated rings. The molecule has 0 bridgehead atoms. The van der Waals surface area contributed by atoms with Crippen molar-refractivity contribution in [3.63, 3.8) is 0 Å². The molecule has 0 amide bonds. The molecule has 0 heterocycles. The highest BCUT2D eigenvalue weighted by molar-refractivity contribution is 5.01. The van der Waals surface area contributed by atoms with Crippen LogP contribution in [0.1, 0.15) is 129 Å². The minimum absolute atomic E-state index is 0.0407. The van der Waals surface area contributed by atoms with Gasteiger partial charge in [0.15, 0.2) is 0 Å². The molecule has 1 heteroatoms. The first-order chi connectivity index (χ1) is 12.7. The molecule has 0 atom stereocenters. The Morgan fingerprint density at radius 3 is 1.85 bits per heavy atom. The summed E-state index contributed by atoms with van der Waals surface area (Å²) in [5.74, 6) is 2.85. The third kappa shape index (κ3) is 7.25. The zero-order chi connectivity index (χ0) is 18.7. The Morgan fingerprint density at radius 1 is 0.692 bits per heavy atom. The van der Waals surface area contributed by atoms with E-state index in [9.17, 15) is 5.26 Å². The monoisotopic (exact) mass is 359 g/mol. The van der Waals surface area contributed by atoms with Crippen molar-refractivity contribution in [1.29, 1.82) is 5.26 Å². The van der Waals surface area contributed by atoms with E-state index in [4.69, 9.17) is 0 Å². The SMILES string of the molecule is CCCCCCC[C@H]1CC[C@@](C#N)(CC[C@H]2CC[C@H](CCC)CC2)CC1. The second kappa shape index (κ2) is 12.0. The predicted molar refractivity (Wildman–Crippen MR) is 113 cm³/mol. The van der Waals surface area contributed by atoms with Crippen LogP contribution in [0.15, 0.2) is 0 Å². The van der Waals surface area contributed by atoms with Gasteiger partial charge in [-0.1, -0.05) is 90.9 Å². The molecular weight excluding hydrogens is 314 g/mol. The van der Waals surface area contributed by atoms with Crippen molar-refractivity contribution in [2.24, 2.45) is 23.2 Å². The first kappa shape index (κ1) is 21.8. The van der Waals surface area contributed by atoms with Gasteiger partial charge in [-0.25, -0.2) is 0 Å². The van der Waals surface area contributed by atoms with E-state index in [0.717, 1.165) is 17.8 Å². The van der Waals surface area contributed by atoms with Crippen LogP contribution < -0.4 is 0 Å². The molecule has 2 rings (SSSR count). The molecule has 0 aliphatic heterocycles. The Balaban J connectivity index is 1.63. The largest absolute Gasteiger partial charge is 0.198 e. The summed E-state index contributed by atoms with van der Waals surface area (Å²) in [6.45, 7) is 4.61. The molecule has 0 radical (unpaired) electrons. The van der Waals surface area contributed by atoms with E-state index in [2.05, 4.69) is 19.9 Å². The van der Waals surface area contributed by atoms with E-state index in [-0.39, 0.29) is 5.41 Å². The van der Waals surface area contributed by atoms with Crippen LogP contribution in [0.3, 0.4) is 0 Å². The molecule has 0 aromatic heterocycles. The number of nitrogens with zero attached hydrogens (tertiary/aromatic N) is 1. The molecule has 0 saturated heterocycles. The molecular formula is C25H45N. The van der Waals surface area contributed by atoms with Gasteiger partial charge in [0.1, 0.15) is 0 Å². The van der Waals surface area contributed by atoms with E-state index >= 15 is 0 Å². The zero-order valence-electron chi connectivity index (χ0n) is 17.9. The Morgan fingerprint density at radius 2 is 1.27 bits per heavy atom. The Hall–Kier alpha value is -0.510. The van der Waals surface area contributed by atoms with Gasteiger partial charge < -0.3 is 0 Å². The fourth-order valence-corrected chi connectivity index (χ4v) is 5.67. The van der Waals surface area contributed by atoms with Crippen molar-refractivity contribution < 1.29 is 0 Å². The van der Waals surface area contributed by atoms with E-state index in [0.29, 0.717) is 0 Å². The Labute approximate surface area is 164 Å². The third-order valence-corrected chi connectivity index (χ3v) is 7.71. The van der Waals surface area contributed by atoms with Gasteiger partial charge in [0.2, 0.25) is 0 Å². The van der Waals surface area contributed by atoms with Crippen molar-refractivity contribution in [3.8, 4) is 6.07 Å². The minimum Gasteiger partial charge on any atom is -0.198 e. The lowest BCUT2D eigenvalue weighted by atomic mass is 9.66. The van der Waals surface area contributed by atoms with Crippen molar-refractivity contribution in [2.45, 2.75) is 129 Å². The van der Waals surface area contributed by atoms with Crippen LogP contribution in [0.5, 0.6) is 0 Å². The van der Waals surface area contributed by atoms with E-state index in [1.165, 1.54) is 116 Å². The summed E-state index contributed by atoms with van der Waals surface area (Å²) >= 11 is 0. The van der Waals surface area contributed by atoms with Crippen LogP contribution in [0, 0.1) is 34.5 Å². The predicted octanol–water partition coefficient (Wildman–Crippen LogP) is 8.43. The quantitative estimate of drug-likeness (QED) is 0.339. The lowest BCUT2D eigenvalue weighted by Crippen LogP contribution is -2.27. The molecule has 2 aliphatic carbocycles. The van der Waals surface area contributed by atoms with Gasteiger partial charge in [-0.2, -0.15) is 5.26 Å². The summed E-state index contributed by atoms with van der Waals surface area (Å²) in [7, 11) is 0. The van der Waals surface area contributed by atoms with Crippen molar-refractivity contribution in [2.75, 3.05) is 0 Å². The molecule has 26 heavy (non-hydrogen) atoms. The molecule has 1 nitrogen and oxygen atoms in total. The number of unbranched alkanes of at least 4 members (excludes halogenated alkanes) is 4. The molecule has 0 aromatic carbocycles. The van der Waals surface area contributed by atoms with E-state index in [1.807, 2.05) is 0 Å². The molecule has 0 unspecified atom stereocenters. The van der Waals surface area contributed by atoms with E-state index < -0.39 is 0 Å². The fraction of sp³-hybridized carbons (Fsp3) is 0.960. The van der Waals surface area contributed by atoms with Crippen LogP contribution in [0.2, 0.25) is 0 Å². The molecule has 0 aromatic rings. The second-order valence-corrected chi connectivity index (χ2v) is 9.75. The van der Waals surface area contributed by atoms with Crippen LogP contribution >= 0.6 is 0 Å². The van der Waals surface area contributed by atoms with Crippen LogP contribution in [-0.2, 0) is 0 Å². The highest BCUT2D eigenvalue weighted by Gasteiger charge is 2.35. The smallest absolute Gasteiger partial charge is 0.0689 e. The maximum Gasteiger partial charge on any atom is 0.0689 e. The van der Waals surface area contributed by atoms with Gasteiger partial charge in [-0.15, -0.1) is 0 Å². The van der Waals surface area contributed by atoms with Crippen LogP contribution in [0.4, 0.5) is 0 Å². The summed E-state index contributed by atoms with van der Waals surface area (Å²) in [4.78, 5) is 0. The number of nitriles is 1. The van der Waals surface area contributed by atoms with Gasteiger partial charge >= 0.3 is 0 Å². The highest BCUT2D eigenvalue weighted by Crippen LogP contribution is 2.45. The van der Waals surface area contributed by atoms with Crippen molar-refractivity contribution >= 4 is 0 Å². The highest BCUT2D eigenvalue weighted by atomic mass is 14.4. The summed E-state index contributed by atoms with van der Waals surface area (Å²) in [5.41, 5.74) is 0.0407. The number of rotatable bonds is 11. The third-order valence-electron chi connectivity index (χ3n) is 7.71. The molecule has 150 valence electrons. The summed E-state index contributed by atoms with van der Waals surface area (Å²) in [6.07, 6.45) is 24.6. The first-order valence-electron chi connectivity index (χ1n) is 12.1. The van der Waals surface area contributed by atoms with Gasteiger partial charge in [0.25, 0.3) is 0 Å². The minimum atomic E-state index is 0.0407. The van der Waals surface area contributed by atoms with Gasteiger partial charge in [-0.05, 0) is 56.3 Å². The lowest BCUT2D eigenvalue weighted by Gasteiger charge is -2.37. The molecule has 2 saturated carbocycles. The maximum atomic E-state index is 9.89. The van der Waals surface area contributed by atoms with Crippen molar-refractivity contribution in [3.05, 3.63) is 0 Å². The van der Waals surface area contributed by atoms with Gasteiger partial charge in [-0.3, -0.25) is 0 Å². The lowest BCUT2D eigenvalue weighted by molar-refractivity contribution is 0.163. The number of hydrogen-bond acceptors (Lipinski definition) is 1. The fourth-order valence-electron chi connectivity index (χ4n) is 5.67. The summed E-state index contributed by atoms with van der Waals surface area (Å²) in [6, 6.07) is 2.79. The number of hydrogen-bond donors (Lipinski definition) is 0. The van der Waals surface area contributed by atoms with Gasteiger partial charge in [0.05, 0.1) is 11.5 Å². The average molecular weight is 360 g/mol.